The van der Waals surface area contributed by atoms with Gasteiger partial charge in [0.1, 0.15) is 6.61 Å². The van der Waals surface area contributed by atoms with E-state index in [1.54, 1.807) is 6.20 Å². The molecule has 0 fully saturated rings. The Hall–Kier alpha value is -1.13. The van der Waals surface area contributed by atoms with Crippen LogP contribution in [0.15, 0.2) is 18.3 Å². The lowest BCUT2D eigenvalue weighted by atomic mass is 10.1. The third-order valence-corrected chi connectivity index (χ3v) is 2.15. The zero-order valence-electron chi connectivity index (χ0n) is 11.1. The minimum Gasteiger partial charge on any atom is -0.475 e. The van der Waals surface area contributed by atoms with Crippen LogP contribution in [0.4, 0.5) is 0 Å². The highest BCUT2D eigenvalue weighted by atomic mass is 16.5. The van der Waals surface area contributed by atoms with Crippen LogP contribution < -0.4 is 10.5 Å². The van der Waals surface area contributed by atoms with Crippen LogP contribution in [0.5, 0.6) is 5.88 Å². The van der Waals surface area contributed by atoms with Crippen molar-refractivity contribution in [1.29, 1.82) is 0 Å². The van der Waals surface area contributed by atoms with E-state index in [1.807, 2.05) is 39.8 Å². The summed E-state index contributed by atoms with van der Waals surface area (Å²) >= 11 is 0. The van der Waals surface area contributed by atoms with Crippen molar-refractivity contribution in [3.05, 3.63) is 23.9 Å². The fourth-order valence-electron chi connectivity index (χ4n) is 1.28. The molecular weight excluding hydrogens is 216 g/mol. The number of aromatic nitrogens is 1. The number of nitrogens with two attached hydrogens (primary N) is 1. The molecule has 0 aliphatic heterocycles. The molecule has 0 bridgehead atoms. The molecule has 0 aromatic carbocycles. The quantitative estimate of drug-likeness (QED) is 0.800. The molecule has 0 spiro atoms. The van der Waals surface area contributed by atoms with Gasteiger partial charge in [-0.3, -0.25) is 0 Å². The van der Waals surface area contributed by atoms with E-state index in [1.165, 1.54) is 0 Å². The summed E-state index contributed by atoms with van der Waals surface area (Å²) in [7, 11) is 0. The monoisotopic (exact) mass is 238 g/mol. The number of pyridine rings is 1. The summed E-state index contributed by atoms with van der Waals surface area (Å²) < 4.78 is 11.1. The Kier molecular flexibility index (Phi) is 4.90. The highest BCUT2D eigenvalue weighted by molar-refractivity contribution is 5.22. The summed E-state index contributed by atoms with van der Waals surface area (Å²) in [4.78, 5) is 4.12. The Labute approximate surface area is 103 Å². The van der Waals surface area contributed by atoms with E-state index in [9.17, 15) is 0 Å². The number of hydrogen-bond acceptors (Lipinski definition) is 4. The van der Waals surface area contributed by atoms with Gasteiger partial charge in [-0.05, 0) is 39.3 Å². The Morgan fingerprint density at radius 3 is 2.65 bits per heavy atom. The number of nitrogens with zero attached hydrogens (tertiary/aromatic N) is 1. The van der Waals surface area contributed by atoms with Crippen LogP contribution in [-0.2, 0) is 4.74 Å². The molecule has 17 heavy (non-hydrogen) atoms. The molecule has 4 heteroatoms. The molecule has 1 atom stereocenters. The molecular formula is C13H22N2O2. The molecule has 4 nitrogen and oxygen atoms in total. The first kappa shape index (κ1) is 13.9. The van der Waals surface area contributed by atoms with Crippen molar-refractivity contribution in [1.82, 2.24) is 4.98 Å². The molecule has 0 aliphatic rings. The van der Waals surface area contributed by atoms with E-state index in [-0.39, 0.29) is 11.6 Å². The van der Waals surface area contributed by atoms with Gasteiger partial charge in [0.2, 0.25) is 5.88 Å². The van der Waals surface area contributed by atoms with Gasteiger partial charge >= 0.3 is 0 Å². The molecule has 0 saturated heterocycles. The Morgan fingerprint density at radius 1 is 1.35 bits per heavy atom. The normalized spacial score (nSPS) is 13.5. The third-order valence-electron chi connectivity index (χ3n) is 2.15. The first-order chi connectivity index (χ1) is 7.88. The van der Waals surface area contributed by atoms with Crippen molar-refractivity contribution in [2.75, 3.05) is 13.2 Å². The molecule has 1 rings (SSSR count). The molecule has 1 aromatic rings. The fourth-order valence-corrected chi connectivity index (χ4v) is 1.28. The molecule has 96 valence electrons. The largest absolute Gasteiger partial charge is 0.475 e. The van der Waals surface area contributed by atoms with E-state index in [0.29, 0.717) is 19.1 Å². The average Bonchev–Trinajstić information content (AvgIpc) is 2.23. The van der Waals surface area contributed by atoms with Crippen molar-refractivity contribution in [3.8, 4) is 5.88 Å². The molecule has 1 aromatic heterocycles. The van der Waals surface area contributed by atoms with E-state index < -0.39 is 0 Å². The van der Waals surface area contributed by atoms with Crippen LogP contribution in [0, 0.1) is 0 Å². The van der Waals surface area contributed by atoms with Crippen molar-refractivity contribution < 1.29 is 9.47 Å². The van der Waals surface area contributed by atoms with Gasteiger partial charge in [-0.2, -0.15) is 0 Å². The second kappa shape index (κ2) is 5.98. The molecule has 0 radical (unpaired) electrons. The molecule has 2 N–H and O–H groups in total. The minimum absolute atomic E-state index is 0.00817. The zero-order valence-corrected chi connectivity index (χ0v) is 11.1. The number of rotatable bonds is 5. The van der Waals surface area contributed by atoms with Crippen molar-refractivity contribution in [2.45, 2.75) is 39.3 Å². The summed E-state index contributed by atoms with van der Waals surface area (Å²) in [5.41, 5.74) is 6.67. The molecule has 0 unspecified atom stereocenters. The molecule has 0 saturated carbocycles. The van der Waals surface area contributed by atoms with Crippen molar-refractivity contribution in [3.63, 3.8) is 0 Å². The smallest absolute Gasteiger partial charge is 0.213 e. The fraction of sp³-hybridized carbons (Fsp3) is 0.615. The third kappa shape index (κ3) is 5.65. The van der Waals surface area contributed by atoms with Gasteiger partial charge in [0.15, 0.2) is 0 Å². The summed E-state index contributed by atoms with van der Waals surface area (Å²) in [5, 5.41) is 0. The first-order valence-corrected chi connectivity index (χ1v) is 5.87. The highest BCUT2D eigenvalue weighted by Gasteiger charge is 2.09. The van der Waals surface area contributed by atoms with Gasteiger partial charge in [-0.1, -0.05) is 0 Å². The van der Waals surface area contributed by atoms with Crippen molar-refractivity contribution >= 4 is 0 Å². The first-order valence-electron chi connectivity index (χ1n) is 5.87. The lowest BCUT2D eigenvalue weighted by molar-refractivity contribution is -0.0168. The predicted molar refractivity (Wildman–Crippen MR) is 68.0 cm³/mol. The van der Waals surface area contributed by atoms with Crippen LogP contribution in [0.25, 0.3) is 0 Å². The van der Waals surface area contributed by atoms with Gasteiger partial charge in [-0.15, -0.1) is 0 Å². The Balaban J connectivity index is 2.39. The summed E-state index contributed by atoms with van der Waals surface area (Å²) in [6, 6.07) is 3.75. The van der Waals surface area contributed by atoms with E-state index >= 15 is 0 Å². The Morgan fingerprint density at radius 2 is 2.06 bits per heavy atom. The maximum atomic E-state index is 5.79. The Bertz CT molecular complexity index is 346. The maximum absolute atomic E-state index is 5.79. The topological polar surface area (TPSA) is 57.4 Å². The van der Waals surface area contributed by atoms with E-state index in [2.05, 4.69) is 4.98 Å². The van der Waals surface area contributed by atoms with Crippen LogP contribution in [0.3, 0.4) is 0 Å². The second-order valence-corrected chi connectivity index (χ2v) is 5.03. The molecule has 0 aliphatic carbocycles. The summed E-state index contributed by atoms with van der Waals surface area (Å²) in [6.07, 6.45) is 1.71. The van der Waals surface area contributed by atoms with Gasteiger partial charge in [0.25, 0.3) is 0 Å². The predicted octanol–water partition coefficient (Wildman–Crippen LogP) is 2.30. The highest BCUT2D eigenvalue weighted by Crippen LogP contribution is 2.14. The van der Waals surface area contributed by atoms with Gasteiger partial charge in [0.05, 0.1) is 12.2 Å². The lowest BCUT2D eigenvalue weighted by Gasteiger charge is -2.19. The average molecular weight is 238 g/mol. The van der Waals surface area contributed by atoms with E-state index in [4.69, 9.17) is 15.2 Å². The van der Waals surface area contributed by atoms with Gasteiger partial charge in [0, 0.05) is 18.3 Å². The van der Waals surface area contributed by atoms with Gasteiger partial charge < -0.3 is 15.2 Å². The summed E-state index contributed by atoms with van der Waals surface area (Å²) in [6.45, 7) is 9.02. The standard InChI is InChI=1S/C13H22N2O2/c1-10(14)11-5-6-15-12(9-11)16-7-8-17-13(2,3)4/h5-6,9-10H,7-8,14H2,1-4H3/t10-/m1/s1. The lowest BCUT2D eigenvalue weighted by Crippen LogP contribution is -2.22. The molecule has 1 heterocycles. The number of hydrogen-bond donors (Lipinski definition) is 1. The zero-order chi connectivity index (χ0) is 12.9. The van der Waals surface area contributed by atoms with Crippen LogP contribution >= 0.6 is 0 Å². The minimum atomic E-state index is -0.135. The van der Waals surface area contributed by atoms with Crippen molar-refractivity contribution in [2.24, 2.45) is 5.73 Å². The van der Waals surface area contributed by atoms with Crippen LogP contribution in [-0.4, -0.2) is 23.8 Å². The van der Waals surface area contributed by atoms with E-state index in [0.717, 1.165) is 5.56 Å². The molecule has 0 amide bonds. The summed E-state index contributed by atoms with van der Waals surface area (Å²) in [5.74, 6) is 0.595. The van der Waals surface area contributed by atoms with Crippen LogP contribution in [0.1, 0.15) is 39.3 Å². The SMILES string of the molecule is C[C@@H](N)c1ccnc(OCCOC(C)(C)C)c1. The maximum Gasteiger partial charge on any atom is 0.213 e. The van der Waals surface area contributed by atoms with Gasteiger partial charge in [-0.25, -0.2) is 4.98 Å². The number of ether oxygens (including phenoxy) is 2. The second-order valence-electron chi connectivity index (χ2n) is 5.03. The van der Waals surface area contributed by atoms with Crippen LogP contribution in [0.2, 0.25) is 0 Å².